The Morgan fingerprint density at radius 2 is 2.05 bits per heavy atom. The molecule has 0 aliphatic carbocycles. The molecule has 0 aromatic carbocycles. The molecule has 0 fully saturated rings. The van der Waals surface area contributed by atoms with E-state index in [1.165, 1.54) is 5.56 Å². The smallest absolute Gasteiger partial charge is 0.190 e. The van der Waals surface area contributed by atoms with Crippen LogP contribution in [0.5, 0.6) is 0 Å². The lowest BCUT2D eigenvalue weighted by atomic mass is 10.2. The molecule has 22 heavy (non-hydrogen) atoms. The van der Waals surface area contributed by atoms with Gasteiger partial charge in [-0.05, 0) is 18.9 Å². The van der Waals surface area contributed by atoms with Crippen LogP contribution in [0.2, 0.25) is 0 Å². The molecule has 0 atom stereocenters. The first-order valence-electron chi connectivity index (χ1n) is 7.00. The summed E-state index contributed by atoms with van der Waals surface area (Å²) in [6, 6.07) is 0. The molecule has 0 saturated heterocycles. The molecule has 0 aliphatic rings. The summed E-state index contributed by atoms with van der Waals surface area (Å²) in [7, 11) is 3.71. The molecule has 0 unspecified atom stereocenters. The first-order valence-corrected chi connectivity index (χ1v) is 7.88. The molecule has 2 aromatic rings. The van der Waals surface area contributed by atoms with Gasteiger partial charge in [0, 0.05) is 45.2 Å². The van der Waals surface area contributed by atoms with E-state index in [-0.39, 0.29) is 24.0 Å². The van der Waals surface area contributed by atoms with Crippen LogP contribution in [0.3, 0.4) is 0 Å². The lowest BCUT2D eigenvalue weighted by Crippen LogP contribution is -2.39. The van der Waals surface area contributed by atoms with E-state index < -0.39 is 0 Å². The number of aryl methyl sites for hydroxylation is 2. The molecule has 0 saturated carbocycles. The van der Waals surface area contributed by atoms with Crippen molar-refractivity contribution in [3.05, 3.63) is 34.0 Å². The van der Waals surface area contributed by atoms with Crippen LogP contribution in [-0.2, 0) is 19.9 Å². The van der Waals surface area contributed by atoms with Crippen molar-refractivity contribution in [2.45, 2.75) is 19.8 Å². The summed E-state index contributed by atoms with van der Waals surface area (Å²) in [5.74, 6) is 0.825. The molecule has 2 aromatic heterocycles. The molecule has 0 radical (unpaired) electrons. The highest BCUT2D eigenvalue weighted by atomic mass is 127. The van der Waals surface area contributed by atoms with E-state index in [0.717, 1.165) is 42.6 Å². The van der Waals surface area contributed by atoms with Crippen LogP contribution in [-0.4, -0.2) is 40.9 Å². The summed E-state index contributed by atoms with van der Waals surface area (Å²) in [5, 5.41) is 14.0. The third kappa shape index (κ3) is 6.30. The highest BCUT2D eigenvalue weighted by Gasteiger charge is 2.01. The standard InChI is InChI=1S/C14H22N6S.HI/c1-11-19-13(10-21-11)5-7-17-14(15-2)16-6-4-12-8-18-20(3)9-12;/h8-10H,4-7H2,1-3H3,(H2,15,16,17);1H. The highest BCUT2D eigenvalue weighted by Crippen LogP contribution is 2.07. The SMILES string of the molecule is CN=C(NCCc1cnn(C)c1)NCCc1csc(C)n1.I. The van der Waals surface area contributed by atoms with Crippen LogP contribution in [0, 0.1) is 6.92 Å². The van der Waals surface area contributed by atoms with Crippen LogP contribution < -0.4 is 10.6 Å². The van der Waals surface area contributed by atoms with Crippen LogP contribution >= 0.6 is 35.3 Å². The predicted molar refractivity (Wildman–Crippen MR) is 102 cm³/mol. The van der Waals surface area contributed by atoms with Crippen LogP contribution in [0.1, 0.15) is 16.3 Å². The van der Waals surface area contributed by atoms with Crippen LogP contribution in [0.25, 0.3) is 0 Å². The van der Waals surface area contributed by atoms with E-state index >= 15 is 0 Å². The zero-order chi connectivity index (χ0) is 15.1. The Labute approximate surface area is 152 Å². The lowest BCUT2D eigenvalue weighted by molar-refractivity contribution is 0.763. The third-order valence-corrected chi connectivity index (χ3v) is 3.85. The number of thiazole rings is 1. The number of hydrogen-bond donors (Lipinski definition) is 2. The molecular weight excluding hydrogens is 411 g/mol. The van der Waals surface area contributed by atoms with Crippen molar-refractivity contribution >= 4 is 41.3 Å². The molecule has 6 nitrogen and oxygen atoms in total. The fourth-order valence-corrected chi connectivity index (χ4v) is 2.63. The van der Waals surface area contributed by atoms with Gasteiger partial charge >= 0.3 is 0 Å². The van der Waals surface area contributed by atoms with Gasteiger partial charge in [-0.1, -0.05) is 0 Å². The van der Waals surface area contributed by atoms with E-state index in [9.17, 15) is 0 Å². The van der Waals surface area contributed by atoms with Crippen molar-refractivity contribution < 1.29 is 0 Å². The molecule has 0 spiro atoms. The average molecular weight is 434 g/mol. The number of aromatic nitrogens is 3. The third-order valence-electron chi connectivity index (χ3n) is 3.03. The summed E-state index contributed by atoms with van der Waals surface area (Å²) in [6.45, 7) is 3.69. The van der Waals surface area contributed by atoms with E-state index in [0.29, 0.717) is 0 Å². The number of halogens is 1. The number of guanidine groups is 1. The molecule has 2 N–H and O–H groups in total. The Bertz CT molecular complexity index is 543. The fourth-order valence-electron chi connectivity index (χ4n) is 1.98. The molecule has 0 aliphatic heterocycles. The molecule has 2 heterocycles. The summed E-state index contributed by atoms with van der Waals surface area (Å²) < 4.78 is 1.82. The second kappa shape index (κ2) is 9.78. The summed E-state index contributed by atoms with van der Waals surface area (Å²) in [4.78, 5) is 8.66. The molecule has 0 bridgehead atoms. The maximum atomic E-state index is 4.45. The van der Waals surface area contributed by atoms with Gasteiger partial charge in [-0.2, -0.15) is 5.10 Å². The van der Waals surface area contributed by atoms with Gasteiger partial charge in [-0.25, -0.2) is 4.98 Å². The van der Waals surface area contributed by atoms with Gasteiger partial charge < -0.3 is 10.6 Å². The van der Waals surface area contributed by atoms with Crippen molar-refractivity contribution in [1.29, 1.82) is 0 Å². The molecule has 8 heteroatoms. The molecule has 2 rings (SSSR count). The van der Waals surface area contributed by atoms with Crippen molar-refractivity contribution in [3.63, 3.8) is 0 Å². The Morgan fingerprint density at radius 1 is 1.32 bits per heavy atom. The Kier molecular flexibility index (Phi) is 8.39. The van der Waals surface area contributed by atoms with E-state index in [2.05, 4.69) is 31.1 Å². The maximum absolute atomic E-state index is 4.45. The Balaban J connectivity index is 0.00000242. The van der Waals surface area contributed by atoms with Crippen molar-refractivity contribution in [2.75, 3.05) is 20.1 Å². The summed E-state index contributed by atoms with van der Waals surface area (Å²) in [5.41, 5.74) is 2.36. The van der Waals surface area contributed by atoms with Gasteiger partial charge in [0.2, 0.25) is 0 Å². The van der Waals surface area contributed by atoms with E-state index in [1.807, 2.05) is 31.0 Å². The average Bonchev–Trinajstić information content (AvgIpc) is 3.06. The van der Waals surface area contributed by atoms with E-state index in [1.54, 1.807) is 18.4 Å². The second-order valence-corrected chi connectivity index (χ2v) is 5.87. The molecule has 122 valence electrons. The number of nitrogens with zero attached hydrogens (tertiary/aromatic N) is 4. The zero-order valence-corrected chi connectivity index (χ0v) is 16.3. The fraction of sp³-hybridized carbons (Fsp3) is 0.500. The minimum atomic E-state index is 0. The first-order chi connectivity index (χ1) is 10.2. The zero-order valence-electron chi connectivity index (χ0n) is 13.2. The van der Waals surface area contributed by atoms with Crippen LogP contribution in [0.15, 0.2) is 22.8 Å². The number of hydrogen-bond acceptors (Lipinski definition) is 4. The quantitative estimate of drug-likeness (QED) is 0.413. The monoisotopic (exact) mass is 434 g/mol. The van der Waals surface area contributed by atoms with Gasteiger partial charge in [0.15, 0.2) is 5.96 Å². The molecule has 0 amide bonds. The van der Waals surface area contributed by atoms with Crippen molar-refractivity contribution in [3.8, 4) is 0 Å². The van der Waals surface area contributed by atoms with Gasteiger partial charge in [0.05, 0.1) is 16.9 Å². The van der Waals surface area contributed by atoms with Gasteiger partial charge in [0.1, 0.15) is 0 Å². The summed E-state index contributed by atoms with van der Waals surface area (Å²) in [6.07, 6.45) is 5.76. The first kappa shape index (κ1) is 18.9. The van der Waals surface area contributed by atoms with E-state index in [4.69, 9.17) is 0 Å². The van der Waals surface area contributed by atoms with Crippen molar-refractivity contribution in [1.82, 2.24) is 25.4 Å². The number of rotatable bonds is 6. The van der Waals surface area contributed by atoms with Crippen molar-refractivity contribution in [2.24, 2.45) is 12.0 Å². The van der Waals surface area contributed by atoms with Crippen LogP contribution in [0.4, 0.5) is 0 Å². The number of nitrogens with one attached hydrogen (secondary N) is 2. The van der Waals surface area contributed by atoms with Gasteiger partial charge in [-0.3, -0.25) is 9.67 Å². The summed E-state index contributed by atoms with van der Waals surface area (Å²) >= 11 is 1.69. The Hall–Kier alpha value is -1.16. The van der Waals surface area contributed by atoms with Gasteiger partial charge in [0.25, 0.3) is 0 Å². The number of aliphatic imine (C=N–C) groups is 1. The highest BCUT2D eigenvalue weighted by molar-refractivity contribution is 14.0. The topological polar surface area (TPSA) is 67.1 Å². The minimum Gasteiger partial charge on any atom is -0.356 e. The largest absolute Gasteiger partial charge is 0.356 e. The normalized spacial score (nSPS) is 11.1. The van der Waals surface area contributed by atoms with Gasteiger partial charge in [-0.15, -0.1) is 35.3 Å². The second-order valence-electron chi connectivity index (χ2n) is 4.81. The lowest BCUT2D eigenvalue weighted by Gasteiger charge is -2.10. The minimum absolute atomic E-state index is 0. The predicted octanol–water partition coefficient (Wildman–Crippen LogP) is 1.75. The Morgan fingerprint density at radius 3 is 2.59 bits per heavy atom. The molecular formula is C14H23IN6S. The maximum Gasteiger partial charge on any atom is 0.190 e.